The molecular weight excluding hydrogens is 244 g/mol. The Labute approximate surface area is 104 Å². The zero-order valence-corrected chi connectivity index (χ0v) is 10.6. The van der Waals surface area contributed by atoms with Gasteiger partial charge in [0, 0.05) is 19.1 Å². The molecule has 1 aromatic heterocycles. The van der Waals surface area contributed by atoms with Gasteiger partial charge in [-0.05, 0) is 31.7 Å². The highest BCUT2D eigenvalue weighted by Crippen LogP contribution is 2.31. The molecule has 1 aliphatic heterocycles. The highest BCUT2D eigenvalue weighted by atomic mass is 35.5. The minimum atomic E-state index is 0.502. The first kappa shape index (κ1) is 10.7. The number of aromatic nitrogens is 2. The maximum absolute atomic E-state index is 5.88. The third kappa shape index (κ3) is 2.31. The van der Waals surface area contributed by atoms with Crippen LogP contribution in [0.4, 0.5) is 5.82 Å². The number of hydrogen-bond donors (Lipinski definition) is 1. The van der Waals surface area contributed by atoms with E-state index in [9.17, 15) is 0 Å². The van der Waals surface area contributed by atoms with E-state index < -0.39 is 0 Å². The molecule has 0 radical (unpaired) electrons. The summed E-state index contributed by atoms with van der Waals surface area (Å²) in [5.41, 5.74) is 0. The van der Waals surface area contributed by atoms with Crippen molar-refractivity contribution in [2.45, 2.75) is 25.3 Å². The standard InChI is InChI=1S/C10H15ClN4S/c11-9-10(14-16-13-9)12-5-7-3-4-15(6-7)8-1-2-8/h7-8H,1-6H2,(H,12,14). The van der Waals surface area contributed by atoms with Gasteiger partial charge in [-0.25, -0.2) is 0 Å². The van der Waals surface area contributed by atoms with Crippen LogP contribution in [0, 0.1) is 5.92 Å². The van der Waals surface area contributed by atoms with Crippen molar-refractivity contribution in [2.24, 2.45) is 5.92 Å². The molecule has 1 atom stereocenters. The van der Waals surface area contributed by atoms with Gasteiger partial charge in [0.15, 0.2) is 11.0 Å². The predicted octanol–water partition coefficient (Wildman–Crippen LogP) is 2.09. The molecule has 0 aromatic carbocycles. The molecule has 88 valence electrons. The Bertz CT molecular complexity index is 365. The highest BCUT2D eigenvalue weighted by molar-refractivity contribution is 6.99. The van der Waals surface area contributed by atoms with Crippen molar-refractivity contribution in [2.75, 3.05) is 25.0 Å². The lowest BCUT2D eigenvalue weighted by atomic mass is 10.1. The van der Waals surface area contributed by atoms with Crippen molar-refractivity contribution >= 4 is 29.1 Å². The van der Waals surface area contributed by atoms with Crippen molar-refractivity contribution in [3.05, 3.63) is 5.15 Å². The van der Waals surface area contributed by atoms with E-state index in [1.165, 1.54) is 32.4 Å². The first-order chi connectivity index (χ1) is 7.83. The largest absolute Gasteiger partial charge is 0.366 e. The van der Waals surface area contributed by atoms with Crippen LogP contribution in [0.5, 0.6) is 0 Å². The fraction of sp³-hybridized carbons (Fsp3) is 0.800. The van der Waals surface area contributed by atoms with Crippen LogP contribution in [-0.2, 0) is 0 Å². The number of hydrogen-bond acceptors (Lipinski definition) is 5. The van der Waals surface area contributed by atoms with E-state index in [0.717, 1.165) is 36.1 Å². The third-order valence-corrected chi connectivity index (χ3v) is 4.28. The van der Waals surface area contributed by atoms with Gasteiger partial charge in [-0.3, -0.25) is 0 Å². The van der Waals surface area contributed by atoms with E-state index in [-0.39, 0.29) is 0 Å². The number of anilines is 1. The van der Waals surface area contributed by atoms with Crippen LogP contribution in [0.15, 0.2) is 0 Å². The molecule has 1 unspecified atom stereocenters. The average Bonchev–Trinajstić information content (AvgIpc) is 2.89. The van der Waals surface area contributed by atoms with Gasteiger partial charge >= 0.3 is 0 Å². The van der Waals surface area contributed by atoms with Crippen LogP contribution in [0.2, 0.25) is 5.15 Å². The van der Waals surface area contributed by atoms with E-state index in [1.54, 1.807) is 0 Å². The fourth-order valence-electron chi connectivity index (χ4n) is 2.32. The molecule has 2 fully saturated rings. The summed E-state index contributed by atoms with van der Waals surface area (Å²) >= 11 is 7.04. The quantitative estimate of drug-likeness (QED) is 0.898. The van der Waals surface area contributed by atoms with Crippen LogP contribution < -0.4 is 5.32 Å². The van der Waals surface area contributed by atoms with Gasteiger partial charge in [-0.1, -0.05) is 11.6 Å². The van der Waals surface area contributed by atoms with Gasteiger partial charge < -0.3 is 10.2 Å². The monoisotopic (exact) mass is 258 g/mol. The van der Waals surface area contributed by atoms with Crippen molar-refractivity contribution < 1.29 is 0 Å². The Morgan fingerprint density at radius 3 is 2.94 bits per heavy atom. The molecule has 6 heteroatoms. The van der Waals surface area contributed by atoms with Crippen molar-refractivity contribution in [3.8, 4) is 0 Å². The summed E-state index contributed by atoms with van der Waals surface area (Å²) in [6, 6.07) is 0.898. The zero-order valence-electron chi connectivity index (χ0n) is 9.03. The van der Waals surface area contributed by atoms with E-state index in [0.29, 0.717) is 5.15 Å². The second kappa shape index (κ2) is 4.47. The lowest BCUT2D eigenvalue weighted by molar-refractivity contribution is 0.316. The molecular formula is C10H15ClN4S. The maximum atomic E-state index is 5.88. The molecule has 1 aromatic rings. The number of rotatable bonds is 4. The van der Waals surface area contributed by atoms with Gasteiger partial charge in [-0.15, -0.1) is 0 Å². The van der Waals surface area contributed by atoms with Crippen molar-refractivity contribution in [1.82, 2.24) is 13.6 Å². The summed E-state index contributed by atoms with van der Waals surface area (Å²) in [5.74, 6) is 1.48. The lowest BCUT2D eigenvalue weighted by Crippen LogP contribution is -2.24. The van der Waals surface area contributed by atoms with Gasteiger partial charge in [0.1, 0.15) is 0 Å². The van der Waals surface area contributed by atoms with Crippen LogP contribution in [0.3, 0.4) is 0 Å². The van der Waals surface area contributed by atoms with Crippen LogP contribution in [-0.4, -0.2) is 39.3 Å². The van der Waals surface area contributed by atoms with E-state index in [1.807, 2.05) is 0 Å². The molecule has 2 aliphatic rings. The summed E-state index contributed by atoms with van der Waals surface area (Å²) in [6.45, 7) is 3.46. The molecule has 3 rings (SSSR count). The minimum absolute atomic E-state index is 0.502. The van der Waals surface area contributed by atoms with Crippen LogP contribution >= 0.6 is 23.3 Å². The molecule has 0 amide bonds. The number of halogens is 1. The lowest BCUT2D eigenvalue weighted by Gasteiger charge is -2.14. The fourth-order valence-corrected chi connectivity index (χ4v) is 3.01. The summed E-state index contributed by atoms with van der Waals surface area (Å²) in [4.78, 5) is 2.62. The Morgan fingerprint density at radius 2 is 2.25 bits per heavy atom. The molecule has 16 heavy (non-hydrogen) atoms. The molecule has 0 spiro atoms. The van der Waals surface area contributed by atoms with Crippen molar-refractivity contribution in [3.63, 3.8) is 0 Å². The maximum Gasteiger partial charge on any atom is 0.186 e. The van der Waals surface area contributed by atoms with Gasteiger partial charge in [-0.2, -0.15) is 8.75 Å². The first-order valence-corrected chi connectivity index (χ1v) is 6.90. The number of nitrogens with one attached hydrogen (secondary N) is 1. The average molecular weight is 259 g/mol. The summed E-state index contributed by atoms with van der Waals surface area (Å²) in [7, 11) is 0. The first-order valence-electron chi connectivity index (χ1n) is 5.79. The molecule has 1 saturated carbocycles. The molecule has 2 heterocycles. The normalized spacial score (nSPS) is 26.2. The Balaban J connectivity index is 1.47. The second-order valence-electron chi connectivity index (χ2n) is 4.67. The summed E-state index contributed by atoms with van der Waals surface area (Å²) in [5, 5.41) is 3.79. The van der Waals surface area contributed by atoms with E-state index >= 15 is 0 Å². The Morgan fingerprint density at radius 1 is 1.38 bits per heavy atom. The zero-order chi connectivity index (χ0) is 11.0. The topological polar surface area (TPSA) is 41.1 Å². The van der Waals surface area contributed by atoms with Gasteiger partial charge in [0.25, 0.3) is 0 Å². The molecule has 1 aliphatic carbocycles. The summed E-state index contributed by atoms with van der Waals surface area (Å²) in [6.07, 6.45) is 4.10. The number of nitrogens with zero attached hydrogens (tertiary/aromatic N) is 3. The predicted molar refractivity (Wildman–Crippen MR) is 66.1 cm³/mol. The van der Waals surface area contributed by atoms with Gasteiger partial charge in [0.05, 0.1) is 11.7 Å². The molecule has 1 saturated heterocycles. The van der Waals surface area contributed by atoms with Crippen molar-refractivity contribution in [1.29, 1.82) is 0 Å². The highest BCUT2D eigenvalue weighted by Gasteiger charge is 2.34. The van der Waals surface area contributed by atoms with Gasteiger partial charge in [0.2, 0.25) is 0 Å². The van der Waals surface area contributed by atoms with E-state index in [2.05, 4.69) is 19.0 Å². The summed E-state index contributed by atoms with van der Waals surface area (Å²) < 4.78 is 8.06. The minimum Gasteiger partial charge on any atom is -0.366 e. The van der Waals surface area contributed by atoms with Crippen LogP contribution in [0.1, 0.15) is 19.3 Å². The Hall–Kier alpha value is -0.390. The Kier molecular flexibility index (Phi) is 3.00. The smallest absolute Gasteiger partial charge is 0.186 e. The third-order valence-electron chi connectivity index (χ3n) is 3.39. The number of likely N-dealkylation sites (tertiary alicyclic amines) is 1. The molecule has 0 bridgehead atoms. The van der Waals surface area contributed by atoms with Crippen LogP contribution in [0.25, 0.3) is 0 Å². The molecule has 1 N–H and O–H groups in total. The second-order valence-corrected chi connectivity index (χ2v) is 5.55. The molecule has 4 nitrogen and oxygen atoms in total. The van der Waals surface area contributed by atoms with E-state index in [4.69, 9.17) is 11.6 Å². The SMILES string of the molecule is Clc1nsnc1NCC1CCN(C2CC2)C1.